The SMILES string of the molecule is Nc1ccc(OC2CC2)cc1N. The number of rotatable bonds is 2. The van der Waals surface area contributed by atoms with Crippen molar-refractivity contribution in [2.45, 2.75) is 18.9 Å². The molecule has 0 saturated heterocycles. The van der Waals surface area contributed by atoms with Crippen LogP contribution >= 0.6 is 0 Å². The Kier molecular flexibility index (Phi) is 1.57. The monoisotopic (exact) mass is 164 g/mol. The van der Waals surface area contributed by atoms with Gasteiger partial charge in [-0.3, -0.25) is 0 Å². The van der Waals surface area contributed by atoms with Gasteiger partial charge in [0.1, 0.15) is 5.75 Å². The molecule has 2 rings (SSSR count). The van der Waals surface area contributed by atoms with Gasteiger partial charge in [-0.25, -0.2) is 0 Å². The first-order chi connectivity index (χ1) is 5.75. The summed E-state index contributed by atoms with van der Waals surface area (Å²) in [6, 6.07) is 5.39. The second-order valence-electron chi connectivity index (χ2n) is 3.11. The van der Waals surface area contributed by atoms with Crippen LogP contribution in [-0.2, 0) is 0 Å². The molecule has 0 heterocycles. The molecule has 3 nitrogen and oxygen atoms in total. The van der Waals surface area contributed by atoms with E-state index in [4.69, 9.17) is 16.2 Å². The van der Waals surface area contributed by atoms with Crippen LogP contribution in [0.15, 0.2) is 18.2 Å². The number of anilines is 2. The zero-order valence-electron chi connectivity index (χ0n) is 6.79. The molecular formula is C9H12N2O. The molecule has 4 N–H and O–H groups in total. The van der Waals surface area contributed by atoms with E-state index in [2.05, 4.69) is 0 Å². The molecule has 0 spiro atoms. The molecule has 64 valence electrons. The largest absolute Gasteiger partial charge is 0.490 e. The maximum atomic E-state index is 5.61. The predicted molar refractivity (Wildman–Crippen MR) is 48.9 cm³/mol. The van der Waals surface area contributed by atoms with Crippen LogP contribution in [0.3, 0.4) is 0 Å². The lowest BCUT2D eigenvalue weighted by molar-refractivity contribution is 0.303. The van der Waals surface area contributed by atoms with Crippen LogP contribution in [-0.4, -0.2) is 6.10 Å². The number of nitrogen functional groups attached to an aromatic ring is 2. The zero-order valence-corrected chi connectivity index (χ0v) is 6.79. The molecular weight excluding hydrogens is 152 g/mol. The van der Waals surface area contributed by atoms with Crippen molar-refractivity contribution < 1.29 is 4.74 Å². The molecule has 0 unspecified atom stereocenters. The number of ether oxygens (including phenoxy) is 1. The molecule has 1 aromatic carbocycles. The molecule has 0 amide bonds. The molecule has 0 atom stereocenters. The summed E-state index contributed by atoms with van der Waals surface area (Å²) < 4.78 is 5.53. The van der Waals surface area contributed by atoms with Gasteiger partial charge >= 0.3 is 0 Å². The quantitative estimate of drug-likeness (QED) is 0.649. The van der Waals surface area contributed by atoms with Crippen LogP contribution in [0.2, 0.25) is 0 Å². The van der Waals surface area contributed by atoms with Gasteiger partial charge in [0.15, 0.2) is 0 Å². The van der Waals surface area contributed by atoms with Gasteiger partial charge in [-0.15, -0.1) is 0 Å². The highest BCUT2D eigenvalue weighted by molar-refractivity contribution is 5.65. The van der Waals surface area contributed by atoms with Gasteiger partial charge in [-0.05, 0) is 25.0 Å². The minimum atomic E-state index is 0.410. The summed E-state index contributed by atoms with van der Waals surface area (Å²) in [5, 5.41) is 0. The van der Waals surface area contributed by atoms with Gasteiger partial charge < -0.3 is 16.2 Å². The summed E-state index contributed by atoms with van der Waals surface area (Å²) in [6.45, 7) is 0. The van der Waals surface area contributed by atoms with E-state index >= 15 is 0 Å². The third kappa shape index (κ3) is 1.44. The Hall–Kier alpha value is -1.38. The van der Waals surface area contributed by atoms with E-state index in [0.29, 0.717) is 17.5 Å². The third-order valence-electron chi connectivity index (χ3n) is 1.89. The summed E-state index contributed by atoms with van der Waals surface area (Å²) in [7, 11) is 0. The summed E-state index contributed by atoms with van der Waals surface area (Å²) in [6.07, 6.45) is 2.72. The third-order valence-corrected chi connectivity index (χ3v) is 1.89. The van der Waals surface area contributed by atoms with E-state index in [1.54, 1.807) is 12.1 Å². The summed E-state index contributed by atoms with van der Waals surface area (Å²) in [5.41, 5.74) is 12.4. The van der Waals surface area contributed by atoms with Crippen LogP contribution in [0, 0.1) is 0 Å². The fraction of sp³-hybridized carbons (Fsp3) is 0.333. The Bertz CT molecular complexity index is 295. The number of benzene rings is 1. The highest BCUT2D eigenvalue weighted by atomic mass is 16.5. The lowest BCUT2D eigenvalue weighted by Crippen LogP contribution is -1.98. The normalized spacial score (nSPS) is 16.0. The fourth-order valence-corrected chi connectivity index (χ4v) is 1.00. The second-order valence-corrected chi connectivity index (χ2v) is 3.11. The Morgan fingerprint density at radius 2 is 1.92 bits per heavy atom. The van der Waals surface area contributed by atoms with Crippen LogP contribution in [0.25, 0.3) is 0 Å². The van der Waals surface area contributed by atoms with Crippen molar-refractivity contribution in [3.63, 3.8) is 0 Å². The van der Waals surface area contributed by atoms with Crippen molar-refractivity contribution in [2.24, 2.45) is 0 Å². The maximum absolute atomic E-state index is 5.61. The minimum absolute atomic E-state index is 0.410. The highest BCUT2D eigenvalue weighted by Crippen LogP contribution is 2.29. The molecule has 1 fully saturated rings. The van der Waals surface area contributed by atoms with Gasteiger partial charge in [0.05, 0.1) is 17.5 Å². The summed E-state index contributed by atoms with van der Waals surface area (Å²) in [5.74, 6) is 0.823. The lowest BCUT2D eigenvalue weighted by Gasteiger charge is -2.05. The first-order valence-electron chi connectivity index (χ1n) is 4.07. The van der Waals surface area contributed by atoms with E-state index in [1.165, 1.54) is 0 Å². The van der Waals surface area contributed by atoms with Crippen LogP contribution in [0.1, 0.15) is 12.8 Å². The van der Waals surface area contributed by atoms with E-state index in [1.807, 2.05) is 6.07 Å². The van der Waals surface area contributed by atoms with Gasteiger partial charge in [-0.1, -0.05) is 0 Å². The number of nitrogens with two attached hydrogens (primary N) is 2. The highest BCUT2D eigenvalue weighted by Gasteiger charge is 2.23. The smallest absolute Gasteiger partial charge is 0.121 e. The second kappa shape index (κ2) is 2.59. The first-order valence-corrected chi connectivity index (χ1v) is 4.07. The average molecular weight is 164 g/mol. The molecule has 12 heavy (non-hydrogen) atoms. The standard InChI is InChI=1S/C9H12N2O/c10-8-4-3-7(5-9(8)11)12-6-1-2-6/h3-6H,1-2,10-11H2. The first kappa shape index (κ1) is 7.28. The molecule has 1 saturated carbocycles. The predicted octanol–water partition coefficient (Wildman–Crippen LogP) is 1.39. The van der Waals surface area contributed by atoms with E-state index in [0.717, 1.165) is 18.6 Å². The topological polar surface area (TPSA) is 61.3 Å². The van der Waals surface area contributed by atoms with E-state index in [-0.39, 0.29) is 0 Å². The molecule has 1 aliphatic carbocycles. The lowest BCUT2D eigenvalue weighted by atomic mass is 10.2. The minimum Gasteiger partial charge on any atom is -0.490 e. The fourth-order valence-electron chi connectivity index (χ4n) is 1.00. The van der Waals surface area contributed by atoms with Crippen molar-refractivity contribution in [1.82, 2.24) is 0 Å². The van der Waals surface area contributed by atoms with Crippen molar-refractivity contribution in [1.29, 1.82) is 0 Å². The average Bonchev–Trinajstić information content (AvgIpc) is 2.81. The van der Waals surface area contributed by atoms with Crippen LogP contribution in [0.4, 0.5) is 11.4 Å². The summed E-state index contributed by atoms with van der Waals surface area (Å²) in [4.78, 5) is 0. The van der Waals surface area contributed by atoms with Crippen LogP contribution < -0.4 is 16.2 Å². The zero-order chi connectivity index (χ0) is 8.55. The van der Waals surface area contributed by atoms with Gasteiger partial charge in [0, 0.05) is 6.07 Å². The Morgan fingerprint density at radius 3 is 2.50 bits per heavy atom. The van der Waals surface area contributed by atoms with Crippen LogP contribution in [0.5, 0.6) is 5.75 Å². The number of hydrogen-bond acceptors (Lipinski definition) is 3. The van der Waals surface area contributed by atoms with Crippen molar-refractivity contribution in [3.05, 3.63) is 18.2 Å². The molecule has 0 aromatic heterocycles. The van der Waals surface area contributed by atoms with Gasteiger partial charge in [0.25, 0.3) is 0 Å². The summed E-state index contributed by atoms with van der Waals surface area (Å²) >= 11 is 0. The molecule has 0 bridgehead atoms. The Balaban J connectivity index is 2.15. The Labute approximate surface area is 71.3 Å². The molecule has 0 aliphatic heterocycles. The molecule has 1 aliphatic rings. The van der Waals surface area contributed by atoms with Gasteiger partial charge in [-0.2, -0.15) is 0 Å². The molecule has 3 heteroatoms. The van der Waals surface area contributed by atoms with Crippen molar-refractivity contribution in [2.75, 3.05) is 11.5 Å². The van der Waals surface area contributed by atoms with Crippen molar-refractivity contribution in [3.8, 4) is 5.75 Å². The van der Waals surface area contributed by atoms with E-state index < -0.39 is 0 Å². The van der Waals surface area contributed by atoms with Crippen molar-refractivity contribution >= 4 is 11.4 Å². The number of hydrogen-bond donors (Lipinski definition) is 2. The molecule has 0 radical (unpaired) electrons. The molecule has 1 aromatic rings. The van der Waals surface area contributed by atoms with Gasteiger partial charge in [0.2, 0.25) is 0 Å². The Morgan fingerprint density at radius 1 is 1.17 bits per heavy atom. The maximum Gasteiger partial charge on any atom is 0.121 e. The van der Waals surface area contributed by atoms with E-state index in [9.17, 15) is 0 Å².